The van der Waals surface area contributed by atoms with Crippen molar-refractivity contribution in [2.75, 3.05) is 13.1 Å². The van der Waals surface area contributed by atoms with Crippen molar-refractivity contribution in [1.82, 2.24) is 9.88 Å². The Morgan fingerprint density at radius 3 is 2.78 bits per heavy atom. The molecule has 18 heavy (non-hydrogen) atoms. The zero-order valence-electron chi connectivity index (χ0n) is 10.9. The molecule has 1 N–H and O–H groups in total. The van der Waals surface area contributed by atoms with E-state index >= 15 is 0 Å². The number of likely N-dealkylation sites (tertiary alicyclic amines) is 1. The van der Waals surface area contributed by atoms with Crippen molar-refractivity contribution in [3.8, 4) is 0 Å². The van der Waals surface area contributed by atoms with E-state index in [4.69, 9.17) is 5.11 Å². The molecular formula is C13H20N2O2S. The van der Waals surface area contributed by atoms with Crippen LogP contribution >= 0.6 is 11.3 Å². The van der Waals surface area contributed by atoms with Crippen LogP contribution in [0.2, 0.25) is 0 Å². The molecule has 1 saturated heterocycles. The van der Waals surface area contributed by atoms with Crippen molar-refractivity contribution in [3.63, 3.8) is 0 Å². The van der Waals surface area contributed by atoms with Crippen molar-refractivity contribution in [2.24, 2.45) is 11.8 Å². The normalized spacial score (nSPS) is 25.2. The summed E-state index contributed by atoms with van der Waals surface area (Å²) < 4.78 is 0. The van der Waals surface area contributed by atoms with Crippen LogP contribution in [0.15, 0.2) is 5.51 Å². The monoisotopic (exact) mass is 268 g/mol. The second-order valence-corrected chi connectivity index (χ2v) is 6.37. The van der Waals surface area contributed by atoms with Gasteiger partial charge in [-0.05, 0) is 18.3 Å². The van der Waals surface area contributed by atoms with Gasteiger partial charge in [-0.2, -0.15) is 0 Å². The number of hydrogen-bond acceptors (Lipinski definition) is 4. The topological polar surface area (TPSA) is 53.4 Å². The largest absolute Gasteiger partial charge is 0.481 e. The smallest absolute Gasteiger partial charge is 0.309 e. The van der Waals surface area contributed by atoms with Gasteiger partial charge in [-0.1, -0.05) is 13.8 Å². The first-order valence-corrected chi connectivity index (χ1v) is 7.28. The molecule has 1 aliphatic rings. The van der Waals surface area contributed by atoms with E-state index in [1.807, 2.05) is 0 Å². The summed E-state index contributed by atoms with van der Waals surface area (Å²) in [6, 6.07) is 0. The van der Waals surface area contributed by atoms with Gasteiger partial charge in [0.15, 0.2) is 0 Å². The van der Waals surface area contributed by atoms with Crippen molar-refractivity contribution < 1.29 is 9.90 Å². The van der Waals surface area contributed by atoms with Crippen LogP contribution in [0.3, 0.4) is 0 Å². The Labute approximate surface area is 112 Å². The van der Waals surface area contributed by atoms with Gasteiger partial charge in [0.25, 0.3) is 0 Å². The van der Waals surface area contributed by atoms with Crippen LogP contribution in [0, 0.1) is 11.8 Å². The summed E-state index contributed by atoms with van der Waals surface area (Å²) >= 11 is 1.57. The van der Waals surface area contributed by atoms with E-state index in [0.717, 1.165) is 42.0 Å². The molecule has 0 amide bonds. The minimum atomic E-state index is -0.803. The molecule has 0 aliphatic carbocycles. The number of nitrogens with zero attached hydrogens (tertiary/aromatic N) is 2. The third-order valence-electron chi connectivity index (χ3n) is 3.36. The molecule has 1 aromatic heterocycles. The number of aliphatic carboxylic acids is 1. The summed E-state index contributed by atoms with van der Waals surface area (Å²) in [5.41, 5.74) is 2.49. The molecule has 1 aliphatic heterocycles. The Morgan fingerprint density at radius 2 is 2.17 bits per heavy atom. The first kappa shape index (κ1) is 13.5. The number of carboxylic acids is 1. The van der Waals surface area contributed by atoms with Crippen molar-refractivity contribution in [2.45, 2.75) is 33.2 Å². The molecule has 0 spiro atoms. The third kappa shape index (κ3) is 3.53. The summed E-state index contributed by atoms with van der Waals surface area (Å²) in [4.78, 5) is 18.5. The molecular weight excluding hydrogens is 248 g/mol. The molecule has 100 valence electrons. The quantitative estimate of drug-likeness (QED) is 0.910. The SMILES string of the molecule is CC1CC(C)CN(Cc2scnc2CC(=O)O)C1. The summed E-state index contributed by atoms with van der Waals surface area (Å²) in [5.74, 6) is 0.650. The fraction of sp³-hybridized carbons (Fsp3) is 0.692. The Bertz CT molecular complexity index is 409. The Balaban J connectivity index is 2.00. The summed E-state index contributed by atoms with van der Waals surface area (Å²) in [5, 5.41) is 8.85. The van der Waals surface area contributed by atoms with Gasteiger partial charge in [0, 0.05) is 24.5 Å². The number of hydrogen-bond donors (Lipinski definition) is 1. The van der Waals surface area contributed by atoms with Crippen LogP contribution in [0.1, 0.15) is 30.8 Å². The highest BCUT2D eigenvalue weighted by Gasteiger charge is 2.23. The average molecular weight is 268 g/mol. The van der Waals surface area contributed by atoms with Gasteiger partial charge < -0.3 is 5.11 Å². The molecule has 0 radical (unpaired) electrons. The van der Waals surface area contributed by atoms with Gasteiger partial charge >= 0.3 is 5.97 Å². The van der Waals surface area contributed by atoms with Crippen LogP contribution < -0.4 is 0 Å². The molecule has 2 heterocycles. The van der Waals surface area contributed by atoms with Crippen molar-refractivity contribution in [1.29, 1.82) is 0 Å². The van der Waals surface area contributed by atoms with Gasteiger partial charge in [-0.25, -0.2) is 4.98 Å². The molecule has 0 saturated carbocycles. The second-order valence-electron chi connectivity index (χ2n) is 5.43. The molecule has 4 nitrogen and oxygen atoms in total. The number of piperidine rings is 1. The van der Waals surface area contributed by atoms with E-state index in [9.17, 15) is 4.79 Å². The second kappa shape index (κ2) is 5.80. The van der Waals surface area contributed by atoms with E-state index < -0.39 is 5.97 Å². The van der Waals surface area contributed by atoms with Crippen molar-refractivity contribution >= 4 is 17.3 Å². The van der Waals surface area contributed by atoms with E-state index in [1.165, 1.54) is 6.42 Å². The number of rotatable bonds is 4. The fourth-order valence-corrected chi connectivity index (χ4v) is 3.66. The van der Waals surface area contributed by atoms with Crippen LogP contribution in [0.4, 0.5) is 0 Å². The number of aromatic nitrogens is 1. The summed E-state index contributed by atoms with van der Waals surface area (Å²) in [6.07, 6.45) is 1.33. The highest BCUT2D eigenvalue weighted by molar-refractivity contribution is 7.09. The van der Waals surface area contributed by atoms with Gasteiger partial charge in [0.05, 0.1) is 17.6 Å². The first-order chi connectivity index (χ1) is 8.54. The van der Waals surface area contributed by atoms with Crippen LogP contribution in [0.5, 0.6) is 0 Å². The lowest BCUT2D eigenvalue weighted by Crippen LogP contribution is -2.38. The van der Waals surface area contributed by atoms with Crippen LogP contribution in [-0.2, 0) is 17.8 Å². The van der Waals surface area contributed by atoms with E-state index in [0.29, 0.717) is 0 Å². The number of carbonyl (C=O) groups is 1. The zero-order chi connectivity index (χ0) is 13.1. The highest BCUT2D eigenvalue weighted by atomic mass is 32.1. The minimum absolute atomic E-state index is 0.0395. The Kier molecular flexibility index (Phi) is 4.35. The molecule has 2 atom stereocenters. The number of thiazole rings is 1. The molecule has 0 bridgehead atoms. The molecule has 1 fully saturated rings. The Morgan fingerprint density at radius 1 is 1.50 bits per heavy atom. The maximum Gasteiger partial charge on any atom is 0.309 e. The average Bonchev–Trinajstić information content (AvgIpc) is 2.63. The summed E-state index contributed by atoms with van der Waals surface area (Å²) in [7, 11) is 0. The van der Waals surface area contributed by atoms with Gasteiger partial charge in [-0.15, -0.1) is 11.3 Å². The minimum Gasteiger partial charge on any atom is -0.481 e. The summed E-state index contributed by atoms with van der Waals surface area (Å²) in [6.45, 7) is 7.63. The molecule has 0 aromatic carbocycles. The van der Waals surface area contributed by atoms with E-state index in [2.05, 4.69) is 23.7 Å². The standard InChI is InChI=1S/C13H20N2O2S/c1-9-3-10(2)6-15(5-9)7-12-11(4-13(16)17)14-8-18-12/h8-10H,3-7H2,1-2H3,(H,16,17). The Hall–Kier alpha value is -0.940. The van der Waals surface area contributed by atoms with Gasteiger partial charge in [-0.3, -0.25) is 9.69 Å². The van der Waals surface area contributed by atoms with Crippen LogP contribution in [-0.4, -0.2) is 34.0 Å². The molecule has 5 heteroatoms. The van der Waals surface area contributed by atoms with E-state index in [-0.39, 0.29) is 6.42 Å². The third-order valence-corrected chi connectivity index (χ3v) is 4.22. The first-order valence-electron chi connectivity index (χ1n) is 6.40. The van der Waals surface area contributed by atoms with E-state index in [1.54, 1.807) is 16.8 Å². The molecule has 1 aromatic rings. The fourth-order valence-electron chi connectivity index (χ4n) is 2.83. The van der Waals surface area contributed by atoms with Crippen LogP contribution in [0.25, 0.3) is 0 Å². The highest BCUT2D eigenvalue weighted by Crippen LogP contribution is 2.24. The predicted molar refractivity (Wildman–Crippen MR) is 71.7 cm³/mol. The lowest BCUT2D eigenvalue weighted by Gasteiger charge is -2.34. The van der Waals surface area contributed by atoms with Gasteiger partial charge in [0.1, 0.15) is 0 Å². The predicted octanol–water partition coefficient (Wildman–Crippen LogP) is 2.25. The number of carboxylic acid groups (broad SMARTS) is 1. The maximum atomic E-state index is 10.8. The van der Waals surface area contributed by atoms with Gasteiger partial charge in [0.2, 0.25) is 0 Å². The molecule has 2 rings (SSSR count). The lowest BCUT2D eigenvalue weighted by molar-refractivity contribution is -0.136. The lowest BCUT2D eigenvalue weighted by atomic mass is 9.92. The maximum absolute atomic E-state index is 10.8. The molecule has 2 unspecified atom stereocenters. The zero-order valence-corrected chi connectivity index (χ0v) is 11.7. The van der Waals surface area contributed by atoms with Crippen molar-refractivity contribution in [3.05, 3.63) is 16.1 Å².